The summed E-state index contributed by atoms with van der Waals surface area (Å²) < 4.78 is 0. The van der Waals surface area contributed by atoms with Crippen molar-refractivity contribution < 1.29 is 4.79 Å². The van der Waals surface area contributed by atoms with E-state index in [4.69, 9.17) is 0 Å². The van der Waals surface area contributed by atoms with Crippen molar-refractivity contribution in [1.29, 1.82) is 0 Å². The van der Waals surface area contributed by atoms with Gasteiger partial charge in [-0.1, -0.05) is 6.92 Å². The molecule has 3 heteroatoms. The molecule has 1 aliphatic carbocycles. The fourth-order valence-electron chi connectivity index (χ4n) is 2.73. The van der Waals surface area contributed by atoms with Crippen LogP contribution in [-0.2, 0) is 4.79 Å². The van der Waals surface area contributed by atoms with Gasteiger partial charge in [0.05, 0.1) is 0 Å². The number of amides is 1. The monoisotopic (exact) mass is 236 g/mol. The van der Waals surface area contributed by atoms with Crippen LogP contribution in [0.4, 0.5) is 0 Å². The molecule has 1 amide bonds. The molecule has 2 fully saturated rings. The van der Waals surface area contributed by atoms with Gasteiger partial charge in [0, 0.05) is 31.8 Å². The third-order valence-electron chi connectivity index (χ3n) is 4.38. The van der Waals surface area contributed by atoms with Crippen molar-refractivity contribution in [2.45, 2.75) is 45.6 Å². The Kier molecular flexibility index (Phi) is 3.87. The number of likely N-dealkylation sites (N-methyl/N-ethyl adjacent to an activating group) is 1. The summed E-state index contributed by atoms with van der Waals surface area (Å²) in [5.41, 5.74) is 2.25. The Labute approximate surface area is 104 Å². The van der Waals surface area contributed by atoms with Gasteiger partial charge in [0.15, 0.2) is 0 Å². The van der Waals surface area contributed by atoms with Gasteiger partial charge in [-0.15, -0.1) is 0 Å². The smallest absolute Gasteiger partial charge is 0.249 e. The number of carbonyl (C=O) groups excluding carboxylic acids is 1. The molecule has 1 N–H and O–H groups in total. The molecule has 1 saturated carbocycles. The van der Waals surface area contributed by atoms with Crippen LogP contribution in [0.1, 0.15) is 39.5 Å². The Balaban J connectivity index is 1.95. The fraction of sp³-hybridized carbons (Fsp3) is 0.786. The molecule has 0 aromatic carbocycles. The molecular weight excluding hydrogens is 212 g/mol. The minimum absolute atomic E-state index is 0.237. The maximum atomic E-state index is 12.3. The van der Waals surface area contributed by atoms with E-state index < -0.39 is 0 Å². The summed E-state index contributed by atoms with van der Waals surface area (Å²) in [6.07, 6.45) is 4.87. The summed E-state index contributed by atoms with van der Waals surface area (Å²) in [7, 11) is 1.97. The van der Waals surface area contributed by atoms with Crippen molar-refractivity contribution in [1.82, 2.24) is 10.2 Å². The van der Waals surface area contributed by atoms with E-state index in [0.717, 1.165) is 24.6 Å². The second-order valence-electron chi connectivity index (χ2n) is 5.66. The zero-order valence-electron chi connectivity index (χ0n) is 11.3. The molecule has 0 aromatic rings. The van der Waals surface area contributed by atoms with Gasteiger partial charge in [-0.05, 0) is 44.1 Å². The average molecular weight is 236 g/mol. The number of nitrogens with zero attached hydrogens (tertiary/aromatic N) is 1. The van der Waals surface area contributed by atoms with Crippen molar-refractivity contribution in [3.8, 4) is 0 Å². The quantitative estimate of drug-likeness (QED) is 0.743. The van der Waals surface area contributed by atoms with Crippen LogP contribution in [0.15, 0.2) is 11.1 Å². The van der Waals surface area contributed by atoms with E-state index >= 15 is 0 Å². The summed E-state index contributed by atoms with van der Waals surface area (Å²) in [6, 6.07) is 0.460. The first kappa shape index (κ1) is 12.6. The Bertz CT molecular complexity index is 321. The van der Waals surface area contributed by atoms with Crippen LogP contribution < -0.4 is 5.32 Å². The minimum atomic E-state index is 0.237. The van der Waals surface area contributed by atoms with Crippen molar-refractivity contribution in [3.63, 3.8) is 0 Å². The maximum absolute atomic E-state index is 12.3. The third-order valence-corrected chi connectivity index (χ3v) is 4.38. The van der Waals surface area contributed by atoms with Gasteiger partial charge >= 0.3 is 0 Å². The summed E-state index contributed by atoms with van der Waals surface area (Å²) in [6.45, 7) is 6.08. The van der Waals surface area contributed by atoms with Gasteiger partial charge in [-0.2, -0.15) is 0 Å². The zero-order chi connectivity index (χ0) is 12.4. The summed E-state index contributed by atoms with van der Waals surface area (Å²) in [5, 5.41) is 3.19. The molecule has 0 atom stereocenters. The first-order valence-corrected chi connectivity index (χ1v) is 6.76. The molecule has 17 heavy (non-hydrogen) atoms. The number of hydrogen-bond acceptors (Lipinski definition) is 2. The molecule has 0 spiro atoms. The Morgan fingerprint density at radius 3 is 2.29 bits per heavy atom. The predicted octanol–water partition coefficient (Wildman–Crippen LogP) is 1.94. The van der Waals surface area contributed by atoms with E-state index in [1.165, 1.54) is 31.3 Å². The normalized spacial score (nSPS) is 28.5. The standard InChI is InChI=1S/C14H24N2O/c1-10-4-6-13(7-5-10)16(3)14(17)11(2)12-8-15-9-12/h10,13,15H,4-9H2,1-3H3. The number of nitrogens with one attached hydrogen (secondary N) is 1. The first-order chi connectivity index (χ1) is 8.09. The van der Waals surface area contributed by atoms with E-state index in [9.17, 15) is 4.79 Å². The van der Waals surface area contributed by atoms with Gasteiger partial charge in [0.2, 0.25) is 5.91 Å². The lowest BCUT2D eigenvalue weighted by Crippen LogP contribution is -2.42. The fourth-order valence-corrected chi connectivity index (χ4v) is 2.73. The molecule has 1 heterocycles. The van der Waals surface area contributed by atoms with Crippen LogP contribution in [0.2, 0.25) is 0 Å². The highest BCUT2D eigenvalue weighted by Crippen LogP contribution is 2.27. The van der Waals surface area contributed by atoms with Crippen LogP contribution >= 0.6 is 0 Å². The van der Waals surface area contributed by atoms with E-state index in [2.05, 4.69) is 12.2 Å². The Hall–Kier alpha value is -0.830. The molecule has 1 saturated heterocycles. The van der Waals surface area contributed by atoms with Gasteiger partial charge in [0.25, 0.3) is 0 Å². The van der Waals surface area contributed by atoms with Gasteiger partial charge in [0.1, 0.15) is 0 Å². The van der Waals surface area contributed by atoms with E-state index in [-0.39, 0.29) is 5.91 Å². The molecule has 1 aliphatic heterocycles. The summed E-state index contributed by atoms with van der Waals surface area (Å²) in [4.78, 5) is 14.3. The van der Waals surface area contributed by atoms with Gasteiger partial charge in [-0.3, -0.25) is 4.79 Å². The highest BCUT2D eigenvalue weighted by molar-refractivity contribution is 5.94. The molecule has 0 aromatic heterocycles. The maximum Gasteiger partial charge on any atom is 0.249 e. The second kappa shape index (κ2) is 5.21. The second-order valence-corrected chi connectivity index (χ2v) is 5.66. The average Bonchev–Trinajstić information content (AvgIpc) is 2.25. The molecule has 96 valence electrons. The highest BCUT2D eigenvalue weighted by Gasteiger charge is 2.27. The van der Waals surface area contributed by atoms with E-state index in [1.807, 2.05) is 18.9 Å². The number of rotatable bonds is 2. The van der Waals surface area contributed by atoms with Crippen LogP contribution in [-0.4, -0.2) is 37.0 Å². The van der Waals surface area contributed by atoms with Crippen molar-refractivity contribution >= 4 is 5.91 Å². The molecule has 3 nitrogen and oxygen atoms in total. The molecule has 0 bridgehead atoms. The van der Waals surface area contributed by atoms with E-state index in [0.29, 0.717) is 6.04 Å². The lowest BCUT2D eigenvalue weighted by molar-refractivity contribution is -0.128. The molecular formula is C14H24N2O. The highest BCUT2D eigenvalue weighted by atomic mass is 16.2. The van der Waals surface area contributed by atoms with Crippen molar-refractivity contribution in [2.75, 3.05) is 20.1 Å². The predicted molar refractivity (Wildman–Crippen MR) is 69.8 cm³/mol. The van der Waals surface area contributed by atoms with Crippen molar-refractivity contribution in [3.05, 3.63) is 11.1 Å². The summed E-state index contributed by atoms with van der Waals surface area (Å²) in [5.74, 6) is 1.08. The zero-order valence-corrected chi connectivity index (χ0v) is 11.3. The van der Waals surface area contributed by atoms with Crippen LogP contribution in [0, 0.1) is 5.92 Å². The minimum Gasteiger partial charge on any atom is -0.339 e. The Morgan fingerprint density at radius 2 is 1.82 bits per heavy atom. The number of hydrogen-bond donors (Lipinski definition) is 1. The SMILES string of the molecule is CC(C(=O)N(C)C1CCC(C)CC1)=C1CNC1. The first-order valence-electron chi connectivity index (χ1n) is 6.76. The third kappa shape index (κ3) is 2.71. The van der Waals surface area contributed by atoms with Crippen LogP contribution in [0.5, 0.6) is 0 Å². The van der Waals surface area contributed by atoms with E-state index in [1.54, 1.807) is 0 Å². The summed E-state index contributed by atoms with van der Waals surface area (Å²) >= 11 is 0. The largest absolute Gasteiger partial charge is 0.339 e. The lowest BCUT2D eigenvalue weighted by atomic mass is 9.86. The molecule has 2 aliphatic rings. The van der Waals surface area contributed by atoms with Gasteiger partial charge in [-0.25, -0.2) is 0 Å². The van der Waals surface area contributed by atoms with Crippen LogP contribution in [0.25, 0.3) is 0 Å². The Morgan fingerprint density at radius 1 is 1.24 bits per heavy atom. The van der Waals surface area contributed by atoms with Crippen molar-refractivity contribution in [2.24, 2.45) is 5.92 Å². The number of carbonyl (C=O) groups is 1. The molecule has 0 radical (unpaired) electrons. The topological polar surface area (TPSA) is 32.3 Å². The van der Waals surface area contributed by atoms with Gasteiger partial charge < -0.3 is 10.2 Å². The molecule has 2 rings (SSSR count). The lowest BCUT2D eigenvalue weighted by Gasteiger charge is -2.34. The molecule has 0 unspecified atom stereocenters. The van der Waals surface area contributed by atoms with Crippen LogP contribution in [0.3, 0.4) is 0 Å².